The van der Waals surface area contributed by atoms with Crippen LogP contribution >= 0.6 is 11.6 Å². The Balaban J connectivity index is 0.976. The van der Waals surface area contributed by atoms with Gasteiger partial charge in [0.25, 0.3) is 5.99 Å². The summed E-state index contributed by atoms with van der Waals surface area (Å²) < 4.78 is 9.65. The molecule has 13 rings (SSSR count). The van der Waals surface area contributed by atoms with Gasteiger partial charge in [0.1, 0.15) is 11.5 Å². The average molecular weight is 862 g/mol. The third kappa shape index (κ3) is 5.96. The van der Waals surface area contributed by atoms with Crippen LogP contribution in [0.5, 0.6) is 11.5 Å². The summed E-state index contributed by atoms with van der Waals surface area (Å²) in [4.78, 5) is 1.29. The molecule has 1 aromatic heterocycles. The maximum Gasteiger partial charge on any atom is 0.289 e. The van der Waals surface area contributed by atoms with Crippen LogP contribution in [0, 0.1) is 0 Å². The third-order valence-corrected chi connectivity index (χ3v) is 19.7. The van der Waals surface area contributed by atoms with Gasteiger partial charge in [0, 0.05) is 21.2 Å². The zero-order valence-corrected chi connectivity index (χ0v) is 37.3. The van der Waals surface area contributed by atoms with E-state index in [1.807, 2.05) is 11.6 Å². The highest BCUT2D eigenvalue weighted by Crippen LogP contribution is 2.46. The van der Waals surface area contributed by atoms with E-state index in [0.29, 0.717) is 0 Å². The summed E-state index contributed by atoms with van der Waals surface area (Å²) in [6, 6.07) is 89.6. The van der Waals surface area contributed by atoms with E-state index in [1.54, 1.807) is 0 Å². The van der Waals surface area contributed by atoms with Crippen molar-refractivity contribution in [2.75, 3.05) is 0 Å². The monoisotopic (exact) mass is 861 g/mol. The Morgan fingerprint density at radius 2 is 0.938 bits per heavy atom. The fourth-order valence-corrected chi connectivity index (χ4v) is 17.0. The fraction of sp³-hybridized carbons (Fsp3) is 0. The molecule has 65 heavy (non-hydrogen) atoms. The second-order valence-electron chi connectivity index (χ2n) is 17.1. The minimum Gasteiger partial charge on any atom is -0.458 e. The van der Waals surface area contributed by atoms with Crippen molar-refractivity contribution >= 4 is 79.2 Å². The van der Waals surface area contributed by atoms with Crippen molar-refractivity contribution in [3.8, 4) is 50.6 Å². The van der Waals surface area contributed by atoms with E-state index in [2.05, 4.69) is 247 Å². The van der Waals surface area contributed by atoms with Gasteiger partial charge < -0.3 is 9.30 Å². The lowest BCUT2D eigenvalue weighted by molar-refractivity contribution is 0.488. The van der Waals surface area contributed by atoms with Crippen molar-refractivity contribution in [3.05, 3.63) is 243 Å². The molecule has 0 radical (unpaired) electrons. The van der Waals surface area contributed by atoms with Crippen LogP contribution in [-0.2, 0) is 0 Å². The Morgan fingerprint density at radius 3 is 1.62 bits per heavy atom. The molecule has 0 atom stereocenters. The van der Waals surface area contributed by atoms with Gasteiger partial charge in [0.15, 0.2) is 8.07 Å². The van der Waals surface area contributed by atoms with Crippen molar-refractivity contribution in [1.29, 1.82) is 0 Å². The van der Waals surface area contributed by atoms with Crippen LogP contribution in [0.1, 0.15) is 0 Å². The lowest BCUT2D eigenvalue weighted by Gasteiger charge is -2.35. The van der Waals surface area contributed by atoms with Gasteiger partial charge >= 0.3 is 0 Å². The van der Waals surface area contributed by atoms with Gasteiger partial charge in [-0.05, 0) is 102 Å². The van der Waals surface area contributed by atoms with Crippen LogP contribution in [0.4, 0.5) is 0 Å². The van der Waals surface area contributed by atoms with E-state index in [9.17, 15) is 0 Å². The number of aromatic nitrogens is 1. The molecule has 0 unspecified atom stereocenters. The molecule has 2 aliphatic heterocycles. The van der Waals surface area contributed by atoms with E-state index in [4.69, 9.17) is 4.74 Å². The lowest BCUT2D eigenvalue weighted by Crippen LogP contribution is -2.74. The SMILES string of the molecule is c1ccc([Si](c2ccccc2)(c2ccccc2)c2cccc(-c3cc4c5c(c3)-c3ccccc3SB5c3ccc(-c5ccccc5-n5c6ccccc6c6ccccc65)cc3O4)c2)cc1. The van der Waals surface area contributed by atoms with Gasteiger partial charge in [0.2, 0.25) is 0 Å². The molecule has 0 saturated heterocycles. The number of ether oxygens (including phenoxy) is 1. The van der Waals surface area contributed by atoms with Gasteiger partial charge in [-0.2, -0.15) is 11.6 Å². The lowest BCUT2D eigenvalue weighted by atomic mass is 9.57. The minimum absolute atomic E-state index is 0.0926. The normalized spacial score (nSPS) is 12.6. The van der Waals surface area contributed by atoms with Crippen molar-refractivity contribution in [2.24, 2.45) is 0 Å². The van der Waals surface area contributed by atoms with Gasteiger partial charge in [-0.15, -0.1) is 0 Å². The molecule has 0 spiro atoms. The first kappa shape index (κ1) is 37.9. The van der Waals surface area contributed by atoms with Crippen LogP contribution in [-0.4, -0.2) is 18.6 Å². The van der Waals surface area contributed by atoms with Crippen molar-refractivity contribution in [1.82, 2.24) is 4.57 Å². The van der Waals surface area contributed by atoms with Gasteiger partial charge in [-0.25, -0.2) is 0 Å². The van der Waals surface area contributed by atoms with Crippen molar-refractivity contribution < 1.29 is 4.74 Å². The molecule has 10 aromatic carbocycles. The van der Waals surface area contributed by atoms with E-state index >= 15 is 0 Å². The summed E-state index contributed by atoms with van der Waals surface area (Å²) in [5.74, 6) is 1.92. The summed E-state index contributed by atoms with van der Waals surface area (Å²) >= 11 is 1.94. The van der Waals surface area contributed by atoms with Gasteiger partial charge in [0.05, 0.1) is 16.7 Å². The van der Waals surface area contributed by atoms with E-state index in [0.717, 1.165) is 33.9 Å². The third-order valence-electron chi connectivity index (χ3n) is 13.6. The van der Waals surface area contributed by atoms with E-state index < -0.39 is 8.07 Å². The fourth-order valence-electron chi connectivity index (χ4n) is 10.8. The largest absolute Gasteiger partial charge is 0.458 e. The van der Waals surface area contributed by atoms with E-state index in [1.165, 1.54) is 75.1 Å². The number of hydrogen-bond donors (Lipinski definition) is 0. The Morgan fingerprint density at radius 1 is 0.385 bits per heavy atom. The molecule has 0 bridgehead atoms. The predicted molar refractivity (Wildman–Crippen MR) is 278 cm³/mol. The molecule has 2 nitrogen and oxygen atoms in total. The Kier molecular flexibility index (Phi) is 8.93. The first-order chi connectivity index (χ1) is 32.2. The van der Waals surface area contributed by atoms with Crippen LogP contribution in [0.3, 0.4) is 0 Å². The number of benzene rings is 10. The second-order valence-corrected chi connectivity index (χ2v) is 22.1. The highest BCUT2D eigenvalue weighted by atomic mass is 32.2. The molecule has 3 heterocycles. The molecule has 2 aliphatic rings. The van der Waals surface area contributed by atoms with Crippen LogP contribution in [0.25, 0.3) is 60.9 Å². The molecule has 0 aliphatic carbocycles. The Bertz CT molecular complexity index is 3480. The second kappa shape index (κ2) is 15.3. The highest BCUT2D eigenvalue weighted by molar-refractivity contribution is 8.28. The van der Waals surface area contributed by atoms with E-state index in [-0.39, 0.29) is 5.99 Å². The molecular formula is C60H40BNOSSi. The molecule has 0 N–H and O–H groups in total. The van der Waals surface area contributed by atoms with Crippen LogP contribution in [0.15, 0.2) is 248 Å². The number of fused-ring (bicyclic) bond motifs is 7. The van der Waals surface area contributed by atoms with Crippen LogP contribution < -0.4 is 36.4 Å². The highest BCUT2D eigenvalue weighted by Gasteiger charge is 2.42. The van der Waals surface area contributed by atoms with Gasteiger partial charge in [-0.1, -0.05) is 200 Å². The van der Waals surface area contributed by atoms with Gasteiger partial charge in [-0.3, -0.25) is 0 Å². The summed E-state index contributed by atoms with van der Waals surface area (Å²) in [7, 11) is -2.75. The number of rotatable bonds is 7. The quantitative estimate of drug-likeness (QED) is 0.117. The molecule has 304 valence electrons. The number of para-hydroxylation sites is 3. The summed E-state index contributed by atoms with van der Waals surface area (Å²) in [5.41, 5.74) is 13.1. The molecule has 0 saturated carbocycles. The average Bonchev–Trinajstić information content (AvgIpc) is 3.72. The molecular weight excluding hydrogens is 822 g/mol. The number of hydrogen-bond acceptors (Lipinski definition) is 2. The Labute approximate surface area is 384 Å². The standard InChI is InChI=1S/C60H40BNOSSi/c1-4-20-44(21-5-1)65(45-22-6-2-7-23-45,46-24-8-3-9-25-46)47-26-18-19-41(37-47)43-38-52-51-30-13-17-34-59(51)64-61-53-36-35-42(39-57(53)63-58(40-43)60(52)61)48-27-10-14-31-54(48)62-55-32-15-11-28-49(55)50-29-12-16-33-56(50)62/h1-40H. The predicted octanol–water partition coefficient (Wildman–Crippen LogP) is 11.5. The minimum atomic E-state index is -2.75. The molecule has 0 amide bonds. The first-order valence-electron chi connectivity index (χ1n) is 22.4. The first-order valence-corrected chi connectivity index (χ1v) is 25.2. The maximum atomic E-state index is 7.23. The topological polar surface area (TPSA) is 14.2 Å². The summed E-state index contributed by atoms with van der Waals surface area (Å²) in [6.07, 6.45) is 0. The molecule has 5 heteroatoms. The van der Waals surface area contributed by atoms with Crippen LogP contribution in [0.2, 0.25) is 0 Å². The molecule has 11 aromatic rings. The zero-order chi connectivity index (χ0) is 42.9. The number of nitrogens with zero attached hydrogens (tertiary/aromatic N) is 1. The maximum absolute atomic E-state index is 7.23. The summed E-state index contributed by atoms with van der Waals surface area (Å²) in [5, 5.41) is 7.93. The smallest absolute Gasteiger partial charge is 0.289 e. The summed E-state index contributed by atoms with van der Waals surface area (Å²) in [6.45, 7) is 0. The molecule has 0 fully saturated rings. The van der Waals surface area contributed by atoms with Crippen molar-refractivity contribution in [2.45, 2.75) is 4.90 Å². The zero-order valence-electron chi connectivity index (χ0n) is 35.4. The Hall–Kier alpha value is -7.57. The van der Waals surface area contributed by atoms with Crippen molar-refractivity contribution in [3.63, 3.8) is 0 Å².